The molecule has 0 aliphatic carbocycles. The fourth-order valence-corrected chi connectivity index (χ4v) is 4.28. The van der Waals surface area contributed by atoms with Crippen LogP contribution in [0.5, 0.6) is 11.5 Å². The van der Waals surface area contributed by atoms with Crippen LogP contribution in [0.3, 0.4) is 0 Å². The van der Waals surface area contributed by atoms with Gasteiger partial charge in [-0.3, -0.25) is 0 Å². The molecule has 142 valence electrons. The van der Waals surface area contributed by atoms with Crippen molar-refractivity contribution in [2.45, 2.75) is 25.7 Å². The summed E-state index contributed by atoms with van der Waals surface area (Å²) >= 11 is 1.69. The van der Waals surface area contributed by atoms with E-state index in [0.29, 0.717) is 29.2 Å². The summed E-state index contributed by atoms with van der Waals surface area (Å²) in [7, 11) is 3.20. The molecule has 9 heteroatoms. The lowest BCUT2D eigenvalue weighted by molar-refractivity contribution is 0.356. The minimum atomic E-state index is 0.442. The summed E-state index contributed by atoms with van der Waals surface area (Å²) in [5, 5.41) is 11.3. The first-order valence-corrected chi connectivity index (χ1v) is 9.65. The van der Waals surface area contributed by atoms with Gasteiger partial charge in [-0.25, -0.2) is 4.98 Å². The molecule has 0 spiro atoms. The molecule has 4 rings (SSSR count). The molecule has 1 aromatic carbocycles. The van der Waals surface area contributed by atoms with Crippen LogP contribution in [-0.4, -0.2) is 47.5 Å². The Morgan fingerprint density at radius 3 is 2.41 bits per heavy atom. The SMILES string of the molecule is COc1cc2nc(N3CCC(c4nnc(C)s4)CC3)nc(N)c2cc1OC. The third-order valence-corrected chi connectivity index (χ3v) is 5.89. The Labute approximate surface area is 161 Å². The zero-order valence-electron chi connectivity index (χ0n) is 15.6. The molecule has 3 aromatic rings. The number of rotatable bonds is 4. The Hall–Kier alpha value is -2.68. The third kappa shape index (κ3) is 3.34. The standard InChI is InChI=1S/C18H22N6O2S/c1-10-22-23-17(27-10)11-4-6-24(7-5-11)18-20-13-9-15(26-3)14(25-2)8-12(13)16(19)21-18/h8-9,11H,4-7H2,1-3H3,(H2,19,20,21). The van der Waals surface area contributed by atoms with Gasteiger partial charge in [0.1, 0.15) is 15.8 Å². The summed E-state index contributed by atoms with van der Waals surface area (Å²) in [6, 6.07) is 3.66. The number of benzene rings is 1. The molecule has 0 unspecified atom stereocenters. The summed E-state index contributed by atoms with van der Waals surface area (Å²) in [6.07, 6.45) is 2.00. The number of anilines is 2. The summed E-state index contributed by atoms with van der Waals surface area (Å²) in [6.45, 7) is 3.72. The first-order chi connectivity index (χ1) is 13.1. The van der Waals surface area contributed by atoms with Gasteiger partial charge in [0.15, 0.2) is 11.5 Å². The van der Waals surface area contributed by atoms with E-state index in [2.05, 4.69) is 20.1 Å². The number of hydrogen-bond acceptors (Lipinski definition) is 9. The average Bonchev–Trinajstić information content (AvgIpc) is 3.13. The highest BCUT2D eigenvalue weighted by Crippen LogP contribution is 2.35. The lowest BCUT2D eigenvalue weighted by Gasteiger charge is -2.31. The van der Waals surface area contributed by atoms with Crippen molar-refractivity contribution in [2.75, 3.05) is 37.9 Å². The molecule has 1 fully saturated rings. The van der Waals surface area contributed by atoms with Gasteiger partial charge in [-0.15, -0.1) is 21.5 Å². The van der Waals surface area contributed by atoms with E-state index in [0.717, 1.165) is 46.8 Å². The van der Waals surface area contributed by atoms with Crippen molar-refractivity contribution < 1.29 is 9.47 Å². The molecule has 0 amide bonds. The van der Waals surface area contributed by atoms with Gasteiger partial charge < -0.3 is 20.1 Å². The number of aromatic nitrogens is 4. The van der Waals surface area contributed by atoms with Crippen molar-refractivity contribution in [3.63, 3.8) is 0 Å². The van der Waals surface area contributed by atoms with Crippen LogP contribution in [0.2, 0.25) is 0 Å². The van der Waals surface area contributed by atoms with Gasteiger partial charge in [0.25, 0.3) is 0 Å². The van der Waals surface area contributed by atoms with E-state index in [1.807, 2.05) is 19.1 Å². The molecule has 0 saturated carbocycles. The van der Waals surface area contributed by atoms with E-state index in [-0.39, 0.29) is 0 Å². The largest absolute Gasteiger partial charge is 0.493 e. The Balaban J connectivity index is 1.59. The van der Waals surface area contributed by atoms with Crippen LogP contribution in [0.25, 0.3) is 10.9 Å². The van der Waals surface area contributed by atoms with Crippen LogP contribution in [0.15, 0.2) is 12.1 Å². The first kappa shape index (κ1) is 17.7. The molecule has 2 aromatic heterocycles. The van der Waals surface area contributed by atoms with Crippen LogP contribution in [0.1, 0.15) is 28.8 Å². The predicted molar refractivity (Wildman–Crippen MR) is 106 cm³/mol. The minimum Gasteiger partial charge on any atom is -0.493 e. The van der Waals surface area contributed by atoms with E-state index in [4.69, 9.17) is 20.2 Å². The number of methoxy groups -OCH3 is 2. The van der Waals surface area contributed by atoms with E-state index in [1.165, 1.54) is 0 Å². The lowest BCUT2D eigenvalue weighted by Crippen LogP contribution is -2.34. The van der Waals surface area contributed by atoms with Crippen LogP contribution in [-0.2, 0) is 0 Å². The summed E-state index contributed by atoms with van der Waals surface area (Å²) < 4.78 is 10.7. The maximum atomic E-state index is 6.21. The number of fused-ring (bicyclic) bond motifs is 1. The van der Waals surface area contributed by atoms with E-state index < -0.39 is 0 Å². The van der Waals surface area contributed by atoms with Crippen molar-refractivity contribution in [2.24, 2.45) is 0 Å². The van der Waals surface area contributed by atoms with Crippen molar-refractivity contribution in [3.05, 3.63) is 22.1 Å². The maximum Gasteiger partial charge on any atom is 0.227 e. The molecule has 8 nitrogen and oxygen atoms in total. The van der Waals surface area contributed by atoms with Crippen LogP contribution in [0, 0.1) is 6.92 Å². The smallest absolute Gasteiger partial charge is 0.227 e. The highest BCUT2D eigenvalue weighted by molar-refractivity contribution is 7.11. The molecule has 2 N–H and O–H groups in total. The molecule has 1 aliphatic rings. The Morgan fingerprint density at radius 1 is 1.07 bits per heavy atom. The number of nitrogens with two attached hydrogens (primary N) is 1. The number of aryl methyl sites for hydroxylation is 1. The molecule has 1 saturated heterocycles. The maximum absolute atomic E-state index is 6.21. The average molecular weight is 386 g/mol. The van der Waals surface area contributed by atoms with Crippen LogP contribution in [0.4, 0.5) is 11.8 Å². The Morgan fingerprint density at radius 2 is 1.78 bits per heavy atom. The van der Waals surface area contributed by atoms with Crippen LogP contribution < -0.4 is 20.1 Å². The molecule has 0 atom stereocenters. The summed E-state index contributed by atoms with van der Waals surface area (Å²) in [4.78, 5) is 11.4. The normalized spacial score (nSPS) is 15.3. The zero-order chi connectivity index (χ0) is 19.0. The number of hydrogen-bond donors (Lipinski definition) is 1. The van der Waals surface area contributed by atoms with Gasteiger partial charge in [0.2, 0.25) is 5.95 Å². The van der Waals surface area contributed by atoms with Crippen molar-refractivity contribution >= 4 is 34.0 Å². The topological polar surface area (TPSA) is 99.3 Å². The molecule has 3 heterocycles. The second-order valence-corrected chi connectivity index (χ2v) is 7.77. The molecule has 1 aliphatic heterocycles. The van der Waals surface area contributed by atoms with E-state index in [1.54, 1.807) is 25.6 Å². The molecular weight excluding hydrogens is 364 g/mol. The summed E-state index contributed by atoms with van der Waals surface area (Å²) in [5.41, 5.74) is 6.96. The molecule has 27 heavy (non-hydrogen) atoms. The highest BCUT2D eigenvalue weighted by Gasteiger charge is 2.25. The number of ether oxygens (including phenoxy) is 2. The summed E-state index contributed by atoms with van der Waals surface area (Å²) in [5.74, 6) is 2.78. The van der Waals surface area contributed by atoms with Gasteiger partial charge in [0.05, 0.1) is 19.7 Å². The van der Waals surface area contributed by atoms with Crippen molar-refractivity contribution in [1.82, 2.24) is 20.2 Å². The van der Waals surface area contributed by atoms with Gasteiger partial charge in [-0.05, 0) is 25.8 Å². The van der Waals surface area contributed by atoms with Gasteiger partial charge in [-0.1, -0.05) is 0 Å². The number of piperidine rings is 1. The quantitative estimate of drug-likeness (QED) is 0.731. The fraction of sp³-hybridized carbons (Fsp3) is 0.444. The Kier molecular flexibility index (Phi) is 4.69. The van der Waals surface area contributed by atoms with Crippen molar-refractivity contribution in [3.8, 4) is 11.5 Å². The van der Waals surface area contributed by atoms with Gasteiger partial charge in [-0.2, -0.15) is 4.98 Å². The Bertz CT molecular complexity index is 968. The predicted octanol–water partition coefficient (Wildman–Crippen LogP) is 2.77. The van der Waals surface area contributed by atoms with Crippen LogP contribution >= 0.6 is 11.3 Å². The zero-order valence-corrected chi connectivity index (χ0v) is 16.4. The first-order valence-electron chi connectivity index (χ1n) is 8.83. The van der Waals surface area contributed by atoms with E-state index in [9.17, 15) is 0 Å². The lowest BCUT2D eigenvalue weighted by atomic mass is 9.98. The number of nitrogen functional groups attached to an aromatic ring is 1. The third-order valence-electron chi connectivity index (χ3n) is 4.89. The van der Waals surface area contributed by atoms with E-state index >= 15 is 0 Å². The molecule has 0 radical (unpaired) electrons. The minimum absolute atomic E-state index is 0.442. The highest BCUT2D eigenvalue weighted by atomic mass is 32.1. The van der Waals surface area contributed by atoms with Gasteiger partial charge >= 0.3 is 0 Å². The van der Waals surface area contributed by atoms with Gasteiger partial charge in [0, 0.05) is 30.5 Å². The van der Waals surface area contributed by atoms with Crippen molar-refractivity contribution in [1.29, 1.82) is 0 Å². The number of nitrogens with zero attached hydrogens (tertiary/aromatic N) is 5. The molecular formula is C18H22N6O2S. The second-order valence-electron chi connectivity index (χ2n) is 6.55. The molecule has 0 bridgehead atoms. The fourth-order valence-electron chi connectivity index (χ4n) is 3.41. The monoisotopic (exact) mass is 386 g/mol. The second kappa shape index (κ2) is 7.15.